The average molecular weight is 426 g/mol. The van der Waals surface area contributed by atoms with E-state index < -0.39 is 17.2 Å². The van der Waals surface area contributed by atoms with Crippen molar-refractivity contribution < 1.29 is 13.9 Å². The van der Waals surface area contributed by atoms with Crippen molar-refractivity contribution in [2.24, 2.45) is 0 Å². The van der Waals surface area contributed by atoms with Gasteiger partial charge in [0, 0.05) is 17.2 Å². The van der Waals surface area contributed by atoms with Crippen molar-refractivity contribution in [2.75, 3.05) is 0 Å². The zero-order valence-corrected chi connectivity index (χ0v) is 15.9. The van der Waals surface area contributed by atoms with E-state index in [1.807, 2.05) is 0 Å². The van der Waals surface area contributed by atoms with Crippen LogP contribution in [0.4, 0.5) is 8.78 Å². The predicted octanol–water partition coefficient (Wildman–Crippen LogP) is 2.28. The smallest absolute Gasteiger partial charge is 0.204 e. The van der Waals surface area contributed by atoms with Gasteiger partial charge in [-0.1, -0.05) is 0 Å². The normalized spacial score (nSPS) is 13.6. The van der Waals surface area contributed by atoms with Crippen LogP contribution in [0.3, 0.4) is 0 Å². The molecule has 9 nitrogen and oxygen atoms in total. The van der Waals surface area contributed by atoms with Crippen molar-refractivity contribution in [3.63, 3.8) is 0 Å². The fraction of sp³-hybridized carbons (Fsp3) is 0.111. The van der Waals surface area contributed by atoms with Crippen LogP contribution in [0.2, 0.25) is 0 Å². The van der Waals surface area contributed by atoms with E-state index >= 15 is 0 Å². The van der Waals surface area contributed by atoms with E-state index in [9.17, 15) is 13.9 Å². The maximum Gasteiger partial charge on any atom is 0.204 e. The number of benzene rings is 2. The lowest BCUT2D eigenvalue weighted by Gasteiger charge is -2.26. The van der Waals surface area contributed by atoms with Crippen LogP contribution in [0.15, 0.2) is 49.1 Å². The van der Waals surface area contributed by atoms with E-state index in [1.165, 1.54) is 34.7 Å². The maximum absolute atomic E-state index is 14.7. The highest BCUT2D eigenvalue weighted by Gasteiger charge is 2.38. The number of halogens is 2. The summed E-state index contributed by atoms with van der Waals surface area (Å²) in [5, 5.41) is 29.7. The number of aromatic nitrogens is 8. The van der Waals surface area contributed by atoms with Crippen molar-refractivity contribution in [3.05, 3.63) is 71.3 Å². The van der Waals surface area contributed by atoms with Crippen molar-refractivity contribution in [3.8, 4) is 11.4 Å². The topological polar surface area (TPSA) is 118 Å². The number of thiazole rings is 1. The van der Waals surface area contributed by atoms with Crippen molar-refractivity contribution in [1.82, 2.24) is 40.4 Å². The molecule has 0 aliphatic rings. The molecule has 1 unspecified atom stereocenters. The second-order valence-electron chi connectivity index (χ2n) is 6.51. The first-order valence-electron chi connectivity index (χ1n) is 8.68. The molecule has 0 amide bonds. The van der Waals surface area contributed by atoms with Crippen LogP contribution in [0, 0.1) is 11.6 Å². The standard InChI is InChI=1S/C18H12F2N8OS/c19-11-2-3-12(13(20)6-11)18(29,7-28-9-21-8-22-28)17-23-14-4-1-10(5-15(14)30-17)16-24-26-27-25-16/h1-6,8-9,29H,7H2,(H,24,25,26,27). The first-order chi connectivity index (χ1) is 14.5. The molecule has 5 rings (SSSR count). The highest BCUT2D eigenvalue weighted by atomic mass is 32.1. The van der Waals surface area contributed by atoms with E-state index in [0.717, 1.165) is 16.8 Å². The molecule has 0 spiro atoms. The molecule has 30 heavy (non-hydrogen) atoms. The lowest BCUT2D eigenvalue weighted by atomic mass is 9.93. The van der Waals surface area contributed by atoms with Crippen LogP contribution in [-0.4, -0.2) is 45.5 Å². The zero-order chi connectivity index (χ0) is 20.7. The molecule has 12 heteroatoms. The summed E-state index contributed by atoms with van der Waals surface area (Å²) in [6, 6.07) is 8.34. The minimum absolute atomic E-state index is 0.114. The second kappa shape index (κ2) is 7.00. The van der Waals surface area contributed by atoms with Crippen LogP contribution in [0.25, 0.3) is 21.6 Å². The summed E-state index contributed by atoms with van der Waals surface area (Å²) in [6.07, 6.45) is 2.70. The number of aromatic amines is 1. The number of nitrogens with zero attached hydrogens (tertiary/aromatic N) is 7. The van der Waals surface area contributed by atoms with E-state index in [0.29, 0.717) is 16.9 Å². The number of hydrogen-bond acceptors (Lipinski definition) is 8. The van der Waals surface area contributed by atoms with Gasteiger partial charge in [0.25, 0.3) is 0 Å². The Bertz CT molecular complexity index is 1320. The van der Waals surface area contributed by atoms with Gasteiger partial charge in [0.05, 0.1) is 16.8 Å². The highest BCUT2D eigenvalue weighted by Crippen LogP contribution is 2.38. The van der Waals surface area contributed by atoms with Crippen LogP contribution in [-0.2, 0) is 12.1 Å². The summed E-state index contributed by atoms with van der Waals surface area (Å²) < 4.78 is 30.2. The van der Waals surface area contributed by atoms with Crippen LogP contribution >= 0.6 is 11.3 Å². The molecule has 3 aromatic heterocycles. The maximum atomic E-state index is 14.7. The van der Waals surface area contributed by atoms with E-state index in [-0.39, 0.29) is 17.1 Å². The van der Waals surface area contributed by atoms with Gasteiger partial charge in [-0.15, -0.1) is 21.5 Å². The van der Waals surface area contributed by atoms with Gasteiger partial charge in [-0.2, -0.15) is 10.3 Å². The molecule has 0 fully saturated rings. The summed E-state index contributed by atoms with van der Waals surface area (Å²) in [7, 11) is 0. The fourth-order valence-electron chi connectivity index (χ4n) is 3.17. The molecular weight excluding hydrogens is 414 g/mol. The summed E-state index contributed by atoms with van der Waals surface area (Å²) in [6.45, 7) is -0.160. The Hall–Kier alpha value is -3.64. The Labute approximate surface area is 171 Å². The summed E-state index contributed by atoms with van der Waals surface area (Å²) in [5.74, 6) is -1.22. The van der Waals surface area contributed by atoms with Crippen LogP contribution < -0.4 is 0 Å². The lowest BCUT2D eigenvalue weighted by molar-refractivity contribution is 0.0534. The molecular formula is C18H12F2N8OS. The van der Waals surface area contributed by atoms with E-state index in [2.05, 4.69) is 35.7 Å². The first kappa shape index (κ1) is 18.4. The van der Waals surface area contributed by atoms with Gasteiger partial charge in [-0.25, -0.2) is 23.4 Å². The number of fused-ring (bicyclic) bond motifs is 1. The third kappa shape index (κ3) is 3.11. The second-order valence-corrected chi connectivity index (χ2v) is 7.55. The average Bonchev–Trinajstić information content (AvgIpc) is 3.48. The van der Waals surface area contributed by atoms with Crippen molar-refractivity contribution in [2.45, 2.75) is 12.1 Å². The summed E-state index contributed by atoms with van der Waals surface area (Å²) >= 11 is 1.18. The Balaban J connectivity index is 1.66. The number of rotatable bonds is 5. The molecule has 1 atom stereocenters. The molecule has 0 aliphatic heterocycles. The Kier molecular flexibility index (Phi) is 4.29. The van der Waals surface area contributed by atoms with E-state index in [1.54, 1.807) is 18.2 Å². The van der Waals surface area contributed by atoms with Gasteiger partial charge < -0.3 is 5.11 Å². The number of tetrazole rings is 1. The largest absolute Gasteiger partial charge is 0.376 e. The fourth-order valence-corrected chi connectivity index (χ4v) is 4.27. The quantitative estimate of drug-likeness (QED) is 0.443. The van der Waals surface area contributed by atoms with E-state index in [4.69, 9.17) is 0 Å². The third-order valence-corrected chi connectivity index (χ3v) is 5.75. The number of nitrogens with one attached hydrogen (secondary N) is 1. The molecule has 3 heterocycles. The first-order valence-corrected chi connectivity index (χ1v) is 9.50. The molecule has 150 valence electrons. The molecule has 0 saturated carbocycles. The van der Waals surface area contributed by atoms with Gasteiger partial charge in [-0.3, -0.25) is 0 Å². The molecule has 2 N–H and O–H groups in total. The van der Waals surface area contributed by atoms with Crippen LogP contribution in [0.1, 0.15) is 10.6 Å². The predicted molar refractivity (Wildman–Crippen MR) is 102 cm³/mol. The Morgan fingerprint density at radius 1 is 1.17 bits per heavy atom. The number of hydrogen-bond donors (Lipinski definition) is 2. The highest BCUT2D eigenvalue weighted by molar-refractivity contribution is 7.18. The molecule has 0 bridgehead atoms. The third-order valence-electron chi connectivity index (χ3n) is 4.58. The van der Waals surface area contributed by atoms with Crippen LogP contribution in [0.5, 0.6) is 0 Å². The molecule has 5 aromatic rings. The minimum Gasteiger partial charge on any atom is -0.376 e. The van der Waals surface area contributed by atoms with Crippen molar-refractivity contribution in [1.29, 1.82) is 0 Å². The van der Waals surface area contributed by atoms with Gasteiger partial charge >= 0.3 is 0 Å². The van der Waals surface area contributed by atoms with Gasteiger partial charge in [0.1, 0.15) is 29.3 Å². The SMILES string of the molecule is OC(Cn1cncn1)(c1nc2ccc(-c3nn[nH]n3)cc2s1)c1ccc(F)cc1F. The number of H-pyrrole nitrogens is 1. The molecule has 0 aliphatic carbocycles. The molecule has 2 aromatic carbocycles. The lowest BCUT2D eigenvalue weighted by Crippen LogP contribution is -2.34. The summed E-state index contributed by atoms with van der Waals surface area (Å²) in [5.41, 5.74) is -0.709. The zero-order valence-electron chi connectivity index (χ0n) is 15.1. The molecule has 0 saturated heterocycles. The Morgan fingerprint density at radius 2 is 2.07 bits per heavy atom. The van der Waals surface area contributed by atoms with Gasteiger partial charge in [-0.05, 0) is 35.5 Å². The summed E-state index contributed by atoms with van der Waals surface area (Å²) in [4.78, 5) is 8.37. The number of aliphatic hydroxyl groups is 1. The minimum atomic E-state index is -1.90. The van der Waals surface area contributed by atoms with Gasteiger partial charge in [0.2, 0.25) is 5.82 Å². The Morgan fingerprint density at radius 3 is 2.80 bits per heavy atom. The van der Waals surface area contributed by atoms with Gasteiger partial charge in [0.15, 0.2) is 5.60 Å². The molecule has 0 radical (unpaired) electrons. The van der Waals surface area contributed by atoms with Crippen molar-refractivity contribution >= 4 is 21.6 Å². The monoisotopic (exact) mass is 426 g/mol.